The highest BCUT2D eigenvalue weighted by atomic mass is 32.1. The van der Waals surface area contributed by atoms with Crippen molar-refractivity contribution in [3.8, 4) is 0 Å². The highest BCUT2D eigenvalue weighted by Crippen LogP contribution is 2.12. The molecule has 0 fully saturated rings. The molecule has 0 saturated heterocycles. The van der Waals surface area contributed by atoms with Gasteiger partial charge in [0, 0.05) is 17.9 Å². The van der Waals surface area contributed by atoms with Crippen molar-refractivity contribution in [1.29, 1.82) is 0 Å². The maximum atomic E-state index is 5.62. The van der Waals surface area contributed by atoms with E-state index in [1.165, 1.54) is 37.0 Å². The van der Waals surface area contributed by atoms with Gasteiger partial charge in [0.15, 0.2) is 0 Å². The zero-order valence-corrected chi connectivity index (χ0v) is 11.3. The number of nitrogens with zero attached hydrogens (tertiary/aromatic N) is 1. The monoisotopic (exact) mass is 241 g/mol. The molecule has 1 heterocycles. The molecule has 0 N–H and O–H groups in total. The van der Waals surface area contributed by atoms with E-state index in [0.29, 0.717) is 0 Å². The predicted molar refractivity (Wildman–Crippen MR) is 70.1 cm³/mol. The van der Waals surface area contributed by atoms with Crippen LogP contribution in [0.5, 0.6) is 0 Å². The zero-order valence-electron chi connectivity index (χ0n) is 10.5. The maximum Gasteiger partial charge on any atom is 0.0797 e. The Kier molecular flexibility index (Phi) is 7.43. The summed E-state index contributed by atoms with van der Waals surface area (Å²) in [5.74, 6) is 0. The molecule has 0 aliphatic heterocycles. The lowest BCUT2D eigenvalue weighted by Crippen LogP contribution is -2.00. The molecule has 1 rings (SSSR count). The summed E-state index contributed by atoms with van der Waals surface area (Å²) in [6, 6.07) is 0. The van der Waals surface area contributed by atoms with E-state index >= 15 is 0 Å². The molecule has 0 amide bonds. The van der Waals surface area contributed by atoms with Gasteiger partial charge in [-0.3, -0.25) is 0 Å². The van der Waals surface area contributed by atoms with Crippen molar-refractivity contribution < 1.29 is 4.74 Å². The summed E-state index contributed by atoms with van der Waals surface area (Å²) in [6.45, 7) is 6.07. The maximum absolute atomic E-state index is 5.62. The van der Waals surface area contributed by atoms with Gasteiger partial charge in [-0.25, -0.2) is 4.98 Å². The van der Waals surface area contributed by atoms with Crippen molar-refractivity contribution in [2.24, 2.45) is 0 Å². The SMILES string of the molecule is CCCCCCCOCCc1scnc1C. The van der Waals surface area contributed by atoms with Crippen molar-refractivity contribution in [2.75, 3.05) is 13.2 Å². The Morgan fingerprint density at radius 1 is 1.19 bits per heavy atom. The smallest absolute Gasteiger partial charge is 0.0797 e. The van der Waals surface area contributed by atoms with Crippen molar-refractivity contribution in [1.82, 2.24) is 4.98 Å². The Balaban J connectivity index is 1.91. The molecule has 1 aromatic rings. The molecular weight excluding hydrogens is 218 g/mol. The molecule has 0 aromatic carbocycles. The lowest BCUT2D eigenvalue weighted by molar-refractivity contribution is 0.133. The van der Waals surface area contributed by atoms with E-state index in [1.807, 2.05) is 5.51 Å². The van der Waals surface area contributed by atoms with Crippen LogP contribution in [0.25, 0.3) is 0 Å². The zero-order chi connectivity index (χ0) is 11.6. The van der Waals surface area contributed by atoms with E-state index in [9.17, 15) is 0 Å². The topological polar surface area (TPSA) is 22.1 Å². The minimum Gasteiger partial charge on any atom is -0.381 e. The fraction of sp³-hybridized carbons (Fsp3) is 0.769. The van der Waals surface area contributed by atoms with E-state index in [2.05, 4.69) is 18.8 Å². The van der Waals surface area contributed by atoms with Crippen molar-refractivity contribution >= 4 is 11.3 Å². The molecule has 2 nitrogen and oxygen atoms in total. The number of aryl methyl sites for hydroxylation is 1. The van der Waals surface area contributed by atoms with E-state index in [4.69, 9.17) is 4.74 Å². The van der Waals surface area contributed by atoms with Gasteiger partial charge in [0.1, 0.15) is 0 Å². The first-order valence-corrected chi connectivity index (χ1v) is 7.19. The number of aromatic nitrogens is 1. The third kappa shape index (κ3) is 5.61. The lowest BCUT2D eigenvalue weighted by atomic mass is 10.2. The van der Waals surface area contributed by atoms with Gasteiger partial charge in [-0.1, -0.05) is 32.6 Å². The molecule has 0 unspecified atom stereocenters. The first-order chi connectivity index (χ1) is 7.84. The van der Waals surface area contributed by atoms with Crippen LogP contribution in [0.15, 0.2) is 5.51 Å². The molecule has 3 heteroatoms. The van der Waals surface area contributed by atoms with Crippen LogP contribution in [0, 0.1) is 6.92 Å². The summed E-state index contributed by atoms with van der Waals surface area (Å²) >= 11 is 1.73. The Morgan fingerprint density at radius 3 is 2.69 bits per heavy atom. The third-order valence-electron chi connectivity index (χ3n) is 2.71. The Hall–Kier alpha value is -0.410. The van der Waals surface area contributed by atoms with Crippen LogP contribution in [0.2, 0.25) is 0 Å². The Labute approximate surface area is 103 Å². The molecule has 0 radical (unpaired) electrons. The number of ether oxygens (including phenoxy) is 1. The van der Waals surface area contributed by atoms with E-state index in [1.54, 1.807) is 11.3 Å². The molecule has 1 aromatic heterocycles. The molecule has 0 bridgehead atoms. The van der Waals surface area contributed by atoms with Crippen LogP contribution < -0.4 is 0 Å². The van der Waals surface area contributed by atoms with Gasteiger partial charge in [-0.05, 0) is 13.3 Å². The Morgan fingerprint density at radius 2 is 2.00 bits per heavy atom. The Bertz CT molecular complexity index is 273. The predicted octanol–water partition coefficient (Wildman–Crippen LogP) is 3.98. The fourth-order valence-corrected chi connectivity index (χ4v) is 2.40. The minimum absolute atomic E-state index is 0.844. The molecule has 0 aliphatic carbocycles. The molecule has 0 atom stereocenters. The van der Waals surface area contributed by atoms with Crippen LogP contribution in [0.3, 0.4) is 0 Å². The largest absolute Gasteiger partial charge is 0.381 e. The second-order valence-corrected chi connectivity index (χ2v) is 5.08. The van der Waals surface area contributed by atoms with E-state index < -0.39 is 0 Å². The summed E-state index contributed by atoms with van der Waals surface area (Å²) in [5, 5.41) is 0. The van der Waals surface area contributed by atoms with Gasteiger partial charge < -0.3 is 4.74 Å². The van der Waals surface area contributed by atoms with Crippen LogP contribution in [-0.2, 0) is 11.2 Å². The fourth-order valence-electron chi connectivity index (χ4n) is 1.64. The van der Waals surface area contributed by atoms with Crippen LogP contribution in [-0.4, -0.2) is 18.2 Å². The second-order valence-electron chi connectivity index (χ2n) is 4.14. The van der Waals surface area contributed by atoms with Gasteiger partial charge in [0.25, 0.3) is 0 Å². The molecule has 16 heavy (non-hydrogen) atoms. The van der Waals surface area contributed by atoms with Crippen molar-refractivity contribution in [3.63, 3.8) is 0 Å². The van der Waals surface area contributed by atoms with Gasteiger partial charge in [0.2, 0.25) is 0 Å². The third-order valence-corrected chi connectivity index (χ3v) is 3.71. The quantitative estimate of drug-likeness (QED) is 0.610. The minimum atomic E-state index is 0.844. The highest BCUT2D eigenvalue weighted by molar-refractivity contribution is 7.09. The number of hydrogen-bond acceptors (Lipinski definition) is 3. The molecule has 92 valence electrons. The molecular formula is C13H23NOS. The second kappa shape index (κ2) is 8.71. The molecule has 0 aliphatic rings. The summed E-state index contributed by atoms with van der Waals surface area (Å²) in [7, 11) is 0. The number of unbranched alkanes of at least 4 members (excludes halogenated alkanes) is 4. The summed E-state index contributed by atoms with van der Waals surface area (Å²) in [5.41, 5.74) is 3.08. The normalized spacial score (nSPS) is 10.9. The number of hydrogen-bond donors (Lipinski definition) is 0. The summed E-state index contributed by atoms with van der Waals surface area (Å²) in [6.07, 6.45) is 7.57. The highest BCUT2D eigenvalue weighted by Gasteiger charge is 2.00. The molecule has 0 saturated carbocycles. The summed E-state index contributed by atoms with van der Waals surface area (Å²) < 4.78 is 5.62. The standard InChI is InChI=1S/C13H23NOS/c1-3-4-5-6-7-9-15-10-8-13-12(2)14-11-16-13/h11H,3-10H2,1-2H3. The van der Waals surface area contributed by atoms with Crippen LogP contribution in [0.1, 0.15) is 49.6 Å². The average Bonchev–Trinajstić information content (AvgIpc) is 2.68. The lowest BCUT2D eigenvalue weighted by Gasteiger charge is -2.03. The first kappa shape index (κ1) is 13.7. The average molecular weight is 241 g/mol. The first-order valence-electron chi connectivity index (χ1n) is 6.31. The van der Waals surface area contributed by atoms with Crippen LogP contribution >= 0.6 is 11.3 Å². The van der Waals surface area contributed by atoms with Crippen molar-refractivity contribution in [2.45, 2.75) is 52.4 Å². The van der Waals surface area contributed by atoms with Gasteiger partial charge in [-0.15, -0.1) is 11.3 Å². The van der Waals surface area contributed by atoms with Gasteiger partial charge in [0.05, 0.1) is 17.8 Å². The number of thiazole rings is 1. The van der Waals surface area contributed by atoms with Crippen molar-refractivity contribution in [3.05, 3.63) is 16.1 Å². The van der Waals surface area contributed by atoms with E-state index in [-0.39, 0.29) is 0 Å². The summed E-state index contributed by atoms with van der Waals surface area (Å²) in [4.78, 5) is 5.60. The molecule has 0 spiro atoms. The van der Waals surface area contributed by atoms with Gasteiger partial charge in [-0.2, -0.15) is 0 Å². The van der Waals surface area contributed by atoms with Crippen LogP contribution in [0.4, 0.5) is 0 Å². The van der Waals surface area contributed by atoms with Gasteiger partial charge >= 0.3 is 0 Å². The van der Waals surface area contributed by atoms with E-state index in [0.717, 1.165) is 25.3 Å². The number of rotatable bonds is 9.